The molecular weight excluding hydrogens is 286 g/mol. The molecule has 0 radical (unpaired) electrons. The third kappa shape index (κ3) is 2.68. The summed E-state index contributed by atoms with van der Waals surface area (Å²) in [6, 6.07) is 16.6. The Kier molecular flexibility index (Phi) is 3.50. The first-order chi connectivity index (χ1) is 10.1. The Bertz CT molecular complexity index is 833. The van der Waals surface area contributed by atoms with Crippen LogP contribution in [0.2, 0.25) is 0 Å². The molecule has 0 unspecified atom stereocenters. The molecule has 2 aromatic carbocycles. The minimum atomic E-state index is -0.473. The number of hydrogen-bond acceptors (Lipinski definition) is 4. The highest BCUT2D eigenvalue weighted by molar-refractivity contribution is 7.17. The lowest BCUT2D eigenvalue weighted by molar-refractivity contribution is -0.380. The number of nitrogens with zero attached hydrogens (tertiary/aromatic N) is 1. The second kappa shape index (κ2) is 5.46. The van der Waals surface area contributed by atoms with Gasteiger partial charge in [0, 0.05) is 12.5 Å². The van der Waals surface area contributed by atoms with Crippen molar-refractivity contribution in [3.63, 3.8) is 0 Å². The molecule has 0 saturated carbocycles. The third-order valence-corrected chi connectivity index (χ3v) is 4.36. The fraction of sp³-hybridized carbons (Fsp3) is 0.0625. The molecule has 21 heavy (non-hydrogen) atoms. The lowest BCUT2D eigenvalue weighted by Crippen LogP contribution is -2.01. The first kappa shape index (κ1) is 13.5. The Morgan fingerprint density at radius 2 is 1.81 bits per heavy atom. The summed E-state index contributed by atoms with van der Waals surface area (Å²) >= 11 is 0.925. The zero-order chi connectivity index (χ0) is 14.8. The van der Waals surface area contributed by atoms with Gasteiger partial charge < -0.3 is 0 Å². The maximum Gasteiger partial charge on any atom is 0.324 e. The summed E-state index contributed by atoms with van der Waals surface area (Å²) < 4.78 is 0. The van der Waals surface area contributed by atoms with E-state index in [2.05, 4.69) is 0 Å². The SMILES string of the molecule is O=C(Cc1cccc2ccccc12)c1ccc([N+](=O)[O-])s1. The Balaban J connectivity index is 1.91. The van der Waals surface area contributed by atoms with Gasteiger partial charge in [0.2, 0.25) is 0 Å². The highest BCUT2D eigenvalue weighted by atomic mass is 32.1. The van der Waals surface area contributed by atoms with E-state index < -0.39 is 4.92 Å². The maximum atomic E-state index is 12.3. The zero-order valence-electron chi connectivity index (χ0n) is 11.0. The van der Waals surface area contributed by atoms with Gasteiger partial charge in [0.25, 0.3) is 0 Å². The Morgan fingerprint density at radius 3 is 2.57 bits per heavy atom. The molecule has 1 heterocycles. The molecule has 104 valence electrons. The van der Waals surface area contributed by atoms with Crippen molar-refractivity contribution in [2.45, 2.75) is 6.42 Å². The zero-order valence-corrected chi connectivity index (χ0v) is 11.8. The van der Waals surface area contributed by atoms with Gasteiger partial charge in [-0.1, -0.05) is 53.8 Å². The number of nitro groups is 1. The quantitative estimate of drug-likeness (QED) is 0.411. The molecule has 0 spiro atoms. The summed E-state index contributed by atoms with van der Waals surface area (Å²) in [6.07, 6.45) is 0.249. The van der Waals surface area contributed by atoms with Crippen molar-refractivity contribution in [1.29, 1.82) is 0 Å². The molecule has 0 fully saturated rings. The van der Waals surface area contributed by atoms with Crippen molar-refractivity contribution in [3.8, 4) is 0 Å². The summed E-state index contributed by atoms with van der Waals surface area (Å²) in [5, 5.41) is 12.8. The van der Waals surface area contributed by atoms with E-state index in [-0.39, 0.29) is 17.2 Å². The van der Waals surface area contributed by atoms with Gasteiger partial charge in [-0.3, -0.25) is 14.9 Å². The van der Waals surface area contributed by atoms with Crippen LogP contribution in [0.1, 0.15) is 15.2 Å². The normalized spacial score (nSPS) is 10.7. The van der Waals surface area contributed by atoms with E-state index in [0.717, 1.165) is 27.7 Å². The minimum absolute atomic E-state index is 0.00345. The predicted octanol–water partition coefficient (Wildman–Crippen LogP) is 4.23. The van der Waals surface area contributed by atoms with E-state index in [0.29, 0.717) is 4.88 Å². The van der Waals surface area contributed by atoms with Crippen LogP contribution in [0.25, 0.3) is 10.8 Å². The van der Waals surface area contributed by atoms with E-state index in [9.17, 15) is 14.9 Å². The molecule has 0 bridgehead atoms. The smallest absolute Gasteiger partial charge is 0.293 e. The molecule has 0 aliphatic carbocycles. The maximum absolute atomic E-state index is 12.3. The number of thiophene rings is 1. The van der Waals surface area contributed by atoms with Gasteiger partial charge in [0.1, 0.15) is 0 Å². The van der Waals surface area contributed by atoms with E-state index in [1.165, 1.54) is 12.1 Å². The van der Waals surface area contributed by atoms with Gasteiger partial charge in [0.05, 0.1) is 9.80 Å². The first-order valence-corrected chi connectivity index (χ1v) is 7.21. The van der Waals surface area contributed by atoms with Gasteiger partial charge in [0.15, 0.2) is 5.78 Å². The van der Waals surface area contributed by atoms with Crippen LogP contribution in [0.15, 0.2) is 54.6 Å². The Morgan fingerprint density at radius 1 is 1.05 bits per heavy atom. The Hall–Kier alpha value is -2.53. The van der Waals surface area contributed by atoms with Crippen molar-refractivity contribution >= 4 is 32.9 Å². The predicted molar refractivity (Wildman–Crippen MR) is 83.0 cm³/mol. The number of rotatable bonds is 4. The average Bonchev–Trinajstić information content (AvgIpc) is 2.98. The molecular formula is C16H11NO3S. The summed E-state index contributed by atoms with van der Waals surface area (Å²) in [5.74, 6) is -0.0931. The third-order valence-electron chi connectivity index (χ3n) is 3.28. The van der Waals surface area contributed by atoms with E-state index in [1.54, 1.807) is 0 Å². The summed E-state index contributed by atoms with van der Waals surface area (Å²) in [6.45, 7) is 0. The van der Waals surface area contributed by atoms with Crippen molar-refractivity contribution in [2.24, 2.45) is 0 Å². The molecule has 1 aromatic heterocycles. The lowest BCUT2D eigenvalue weighted by Gasteiger charge is -2.04. The number of carbonyl (C=O) groups excluding carboxylic acids is 1. The lowest BCUT2D eigenvalue weighted by atomic mass is 10.00. The molecule has 0 atom stereocenters. The van der Waals surface area contributed by atoms with Crippen LogP contribution in [0.3, 0.4) is 0 Å². The highest BCUT2D eigenvalue weighted by Crippen LogP contribution is 2.26. The molecule has 0 N–H and O–H groups in total. The van der Waals surface area contributed by atoms with Gasteiger partial charge in [-0.15, -0.1) is 0 Å². The monoisotopic (exact) mass is 297 g/mol. The fourth-order valence-electron chi connectivity index (χ4n) is 2.28. The summed E-state index contributed by atoms with van der Waals surface area (Å²) in [5.41, 5.74) is 0.939. The van der Waals surface area contributed by atoms with Crippen LogP contribution in [-0.4, -0.2) is 10.7 Å². The molecule has 0 aliphatic rings. The average molecular weight is 297 g/mol. The Labute approximate surface area is 124 Å². The van der Waals surface area contributed by atoms with Gasteiger partial charge >= 0.3 is 5.00 Å². The van der Waals surface area contributed by atoms with Crippen LogP contribution in [0.4, 0.5) is 5.00 Å². The van der Waals surface area contributed by atoms with Crippen LogP contribution in [-0.2, 0) is 6.42 Å². The molecule has 0 aliphatic heterocycles. The second-order valence-electron chi connectivity index (χ2n) is 4.63. The minimum Gasteiger partial charge on any atom is -0.293 e. The van der Waals surface area contributed by atoms with Crippen molar-refractivity contribution in [1.82, 2.24) is 0 Å². The largest absolute Gasteiger partial charge is 0.324 e. The molecule has 0 amide bonds. The van der Waals surface area contributed by atoms with Gasteiger partial charge in [-0.05, 0) is 22.4 Å². The number of fused-ring (bicyclic) bond motifs is 1. The number of Topliss-reactive ketones (excluding diaryl/α,β-unsaturated/α-hetero) is 1. The van der Waals surface area contributed by atoms with Crippen molar-refractivity contribution < 1.29 is 9.72 Å². The molecule has 5 heteroatoms. The van der Waals surface area contributed by atoms with Crippen LogP contribution in [0, 0.1) is 10.1 Å². The van der Waals surface area contributed by atoms with Gasteiger partial charge in [-0.25, -0.2) is 0 Å². The first-order valence-electron chi connectivity index (χ1n) is 6.39. The van der Waals surface area contributed by atoms with Crippen LogP contribution in [0.5, 0.6) is 0 Å². The van der Waals surface area contributed by atoms with E-state index >= 15 is 0 Å². The molecule has 3 aromatic rings. The highest BCUT2D eigenvalue weighted by Gasteiger charge is 2.16. The molecule has 3 rings (SSSR count). The topological polar surface area (TPSA) is 60.2 Å². The number of hydrogen-bond donors (Lipinski definition) is 0. The van der Waals surface area contributed by atoms with Crippen LogP contribution < -0.4 is 0 Å². The summed E-state index contributed by atoms with van der Waals surface area (Å²) in [7, 11) is 0. The number of benzene rings is 2. The second-order valence-corrected chi connectivity index (χ2v) is 5.70. The van der Waals surface area contributed by atoms with E-state index in [1.807, 2.05) is 42.5 Å². The standard InChI is InChI=1S/C16H11NO3S/c18-14(15-8-9-16(21-15)17(19)20)10-12-6-3-5-11-4-1-2-7-13(11)12/h1-9H,10H2. The number of ketones is 1. The molecule has 0 saturated heterocycles. The fourth-order valence-corrected chi connectivity index (χ4v) is 3.04. The van der Waals surface area contributed by atoms with Crippen molar-refractivity contribution in [2.75, 3.05) is 0 Å². The van der Waals surface area contributed by atoms with Crippen molar-refractivity contribution in [3.05, 3.63) is 75.2 Å². The van der Waals surface area contributed by atoms with E-state index in [4.69, 9.17) is 0 Å². The van der Waals surface area contributed by atoms with Gasteiger partial charge in [-0.2, -0.15) is 0 Å². The number of carbonyl (C=O) groups is 1. The summed E-state index contributed by atoms with van der Waals surface area (Å²) in [4.78, 5) is 22.9. The molecule has 4 nitrogen and oxygen atoms in total. The van der Waals surface area contributed by atoms with Crippen LogP contribution >= 0.6 is 11.3 Å².